The monoisotopic (exact) mass is 318 g/mol. The van der Waals surface area contributed by atoms with Crippen molar-refractivity contribution < 1.29 is 19.1 Å². The lowest BCUT2D eigenvalue weighted by Gasteiger charge is -2.18. The molecule has 0 aromatic heterocycles. The van der Waals surface area contributed by atoms with E-state index in [1.807, 2.05) is 20.8 Å². The Kier molecular flexibility index (Phi) is 5.36. The van der Waals surface area contributed by atoms with Gasteiger partial charge in [-0.05, 0) is 43.0 Å². The van der Waals surface area contributed by atoms with Gasteiger partial charge < -0.3 is 15.4 Å². The number of nitrogens with one attached hydrogen (secondary N) is 2. The van der Waals surface area contributed by atoms with Crippen molar-refractivity contribution >= 4 is 23.5 Å². The quantitative estimate of drug-likeness (QED) is 0.812. The minimum atomic E-state index is -0.544. The third-order valence-corrected chi connectivity index (χ3v) is 3.96. The van der Waals surface area contributed by atoms with Crippen LogP contribution in [0.25, 0.3) is 0 Å². The van der Waals surface area contributed by atoms with Crippen molar-refractivity contribution in [2.24, 2.45) is 5.92 Å². The molecule has 1 heterocycles. The molecule has 1 aliphatic rings. The van der Waals surface area contributed by atoms with Gasteiger partial charge in [-0.3, -0.25) is 9.59 Å². The summed E-state index contributed by atoms with van der Waals surface area (Å²) in [4.78, 5) is 35.1. The standard InChI is InChI=1S/C17H22N2O4/c1-10(2)11(3)18-16(21)9-23-17(22)13-4-6-14-12(8-13)5-7-15(20)19-14/h4,6,8,10-11H,5,7,9H2,1-3H3,(H,18,21)(H,19,20). The summed E-state index contributed by atoms with van der Waals surface area (Å²) < 4.78 is 5.04. The van der Waals surface area contributed by atoms with Crippen LogP contribution in [0, 0.1) is 5.92 Å². The van der Waals surface area contributed by atoms with Gasteiger partial charge in [-0.15, -0.1) is 0 Å². The molecular formula is C17H22N2O4. The molecule has 23 heavy (non-hydrogen) atoms. The zero-order valence-corrected chi connectivity index (χ0v) is 13.6. The second-order valence-electron chi connectivity index (χ2n) is 6.10. The van der Waals surface area contributed by atoms with Gasteiger partial charge in [0.25, 0.3) is 5.91 Å². The normalized spacial score (nSPS) is 14.7. The highest BCUT2D eigenvalue weighted by atomic mass is 16.5. The number of hydrogen-bond acceptors (Lipinski definition) is 4. The van der Waals surface area contributed by atoms with Gasteiger partial charge in [-0.25, -0.2) is 4.79 Å². The Hall–Kier alpha value is -2.37. The second-order valence-corrected chi connectivity index (χ2v) is 6.10. The van der Waals surface area contributed by atoms with Crippen molar-refractivity contribution in [3.8, 4) is 0 Å². The SMILES string of the molecule is CC(C)C(C)NC(=O)COC(=O)c1ccc2c(c1)CCC(=O)N2. The first-order valence-electron chi connectivity index (χ1n) is 7.76. The van der Waals surface area contributed by atoms with E-state index in [9.17, 15) is 14.4 Å². The number of carbonyl (C=O) groups is 3. The summed E-state index contributed by atoms with van der Waals surface area (Å²) in [5.74, 6) is -0.573. The number of amides is 2. The highest BCUT2D eigenvalue weighted by molar-refractivity contribution is 5.96. The number of rotatable bonds is 5. The molecule has 1 aliphatic heterocycles. The maximum Gasteiger partial charge on any atom is 0.338 e. The van der Waals surface area contributed by atoms with Crippen LogP contribution in [0.5, 0.6) is 0 Å². The van der Waals surface area contributed by atoms with Crippen molar-refractivity contribution in [3.63, 3.8) is 0 Å². The number of anilines is 1. The maximum atomic E-state index is 12.0. The fraction of sp³-hybridized carbons (Fsp3) is 0.471. The van der Waals surface area contributed by atoms with E-state index in [2.05, 4.69) is 10.6 Å². The summed E-state index contributed by atoms with van der Waals surface area (Å²) in [5, 5.41) is 5.53. The van der Waals surface area contributed by atoms with Crippen LogP contribution in [0.3, 0.4) is 0 Å². The molecule has 1 atom stereocenters. The molecule has 6 heteroatoms. The van der Waals surface area contributed by atoms with Crippen molar-refractivity contribution in [2.75, 3.05) is 11.9 Å². The van der Waals surface area contributed by atoms with E-state index in [4.69, 9.17) is 4.74 Å². The van der Waals surface area contributed by atoms with E-state index in [1.54, 1.807) is 18.2 Å². The van der Waals surface area contributed by atoms with Crippen LogP contribution in [-0.2, 0) is 20.7 Å². The van der Waals surface area contributed by atoms with Crippen molar-refractivity contribution in [1.29, 1.82) is 0 Å². The second kappa shape index (κ2) is 7.26. The third-order valence-electron chi connectivity index (χ3n) is 3.96. The van der Waals surface area contributed by atoms with Crippen LogP contribution >= 0.6 is 0 Å². The van der Waals surface area contributed by atoms with E-state index in [-0.39, 0.29) is 24.5 Å². The third kappa shape index (κ3) is 4.55. The number of hydrogen-bond donors (Lipinski definition) is 2. The average molecular weight is 318 g/mol. The number of esters is 1. The van der Waals surface area contributed by atoms with Gasteiger partial charge in [0.05, 0.1) is 5.56 Å². The Balaban J connectivity index is 1.91. The van der Waals surface area contributed by atoms with E-state index in [0.29, 0.717) is 24.3 Å². The summed E-state index contributed by atoms with van der Waals surface area (Å²) in [6.45, 7) is 5.61. The summed E-state index contributed by atoms with van der Waals surface area (Å²) >= 11 is 0. The molecule has 1 aromatic rings. The van der Waals surface area contributed by atoms with Crippen LogP contribution < -0.4 is 10.6 Å². The number of fused-ring (bicyclic) bond motifs is 1. The Morgan fingerprint density at radius 2 is 2.00 bits per heavy atom. The van der Waals surface area contributed by atoms with E-state index >= 15 is 0 Å². The molecule has 0 saturated heterocycles. The summed E-state index contributed by atoms with van der Waals surface area (Å²) in [6.07, 6.45) is 0.996. The fourth-order valence-corrected chi connectivity index (χ4v) is 2.19. The molecule has 1 aromatic carbocycles. The Morgan fingerprint density at radius 3 is 2.70 bits per heavy atom. The van der Waals surface area contributed by atoms with E-state index in [1.165, 1.54) is 0 Å². The number of benzene rings is 1. The predicted molar refractivity (Wildman–Crippen MR) is 86.1 cm³/mol. The van der Waals surface area contributed by atoms with E-state index in [0.717, 1.165) is 11.3 Å². The average Bonchev–Trinajstić information content (AvgIpc) is 2.51. The summed E-state index contributed by atoms with van der Waals surface area (Å²) in [5.41, 5.74) is 2.00. The lowest BCUT2D eigenvalue weighted by atomic mass is 10.0. The molecule has 2 rings (SSSR count). The minimum Gasteiger partial charge on any atom is -0.452 e. The first kappa shape index (κ1) is 17.0. The van der Waals surface area contributed by atoms with Gasteiger partial charge in [-0.1, -0.05) is 13.8 Å². The molecular weight excluding hydrogens is 296 g/mol. The summed E-state index contributed by atoms with van der Waals surface area (Å²) in [7, 11) is 0. The van der Waals surface area contributed by atoms with Gasteiger partial charge >= 0.3 is 5.97 Å². The Bertz CT molecular complexity index is 625. The molecule has 0 aliphatic carbocycles. The molecule has 0 fully saturated rings. The van der Waals surface area contributed by atoms with Gasteiger partial charge in [0.2, 0.25) is 5.91 Å². The number of ether oxygens (including phenoxy) is 1. The molecule has 1 unspecified atom stereocenters. The van der Waals surface area contributed by atoms with Gasteiger partial charge in [0.1, 0.15) is 0 Å². The fourth-order valence-electron chi connectivity index (χ4n) is 2.19. The van der Waals surface area contributed by atoms with Crippen LogP contribution in [-0.4, -0.2) is 30.4 Å². The van der Waals surface area contributed by atoms with Gasteiger partial charge in [0.15, 0.2) is 6.61 Å². The first-order valence-corrected chi connectivity index (χ1v) is 7.76. The highest BCUT2D eigenvalue weighted by Crippen LogP contribution is 2.23. The van der Waals surface area contributed by atoms with Gasteiger partial charge in [0, 0.05) is 18.2 Å². The molecule has 0 saturated carbocycles. The molecule has 2 amide bonds. The molecule has 6 nitrogen and oxygen atoms in total. The van der Waals surface area contributed by atoms with Crippen molar-refractivity contribution in [2.45, 2.75) is 39.7 Å². The summed E-state index contributed by atoms with van der Waals surface area (Å²) in [6, 6.07) is 4.99. The first-order chi connectivity index (χ1) is 10.9. The lowest BCUT2D eigenvalue weighted by Crippen LogP contribution is -2.38. The van der Waals surface area contributed by atoms with Crippen molar-refractivity contribution in [3.05, 3.63) is 29.3 Å². The maximum absolute atomic E-state index is 12.0. The smallest absolute Gasteiger partial charge is 0.338 e. The van der Waals surface area contributed by atoms with Crippen molar-refractivity contribution in [1.82, 2.24) is 5.32 Å². The van der Waals surface area contributed by atoms with Crippen LogP contribution in [0.1, 0.15) is 43.1 Å². The van der Waals surface area contributed by atoms with Gasteiger partial charge in [-0.2, -0.15) is 0 Å². The molecule has 0 radical (unpaired) electrons. The van der Waals surface area contributed by atoms with Crippen LogP contribution in [0.4, 0.5) is 5.69 Å². The Labute approximate surface area is 135 Å². The molecule has 0 spiro atoms. The zero-order chi connectivity index (χ0) is 17.0. The molecule has 0 bridgehead atoms. The molecule has 2 N–H and O–H groups in total. The number of aryl methyl sites for hydroxylation is 1. The van der Waals surface area contributed by atoms with Crippen LogP contribution in [0.2, 0.25) is 0 Å². The lowest BCUT2D eigenvalue weighted by molar-refractivity contribution is -0.125. The highest BCUT2D eigenvalue weighted by Gasteiger charge is 2.18. The predicted octanol–water partition coefficient (Wildman–Crippen LogP) is 1.89. The number of carbonyl (C=O) groups excluding carboxylic acids is 3. The Morgan fingerprint density at radius 1 is 1.26 bits per heavy atom. The topological polar surface area (TPSA) is 84.5 Å². The van der Waals surface area contributed by atoms with Crippen LogP contribution in [0.15, 0.2) is 18.2 Å². The minimum absolute atomic E-state index is 0.0218. The van der Waals surface area contributed by atoms with E-state index < -0.39 is 5.97 Å². The zero-order valence-electron chi connectivity index (χ0n) is 13.6. The molecule has 124 valence electrons. The largest absolute Gasteiger partial charge is 0.452 e.